The smallest absolute Gasteiger partial charge is 0.384 e. The molecule has 174 valence electrons. The van der Waals surface area contributed by atoms with Crippen LogP contribution in [0.1, 0.15) is 5.56 Å². The molecule has 3 heterocycles. The van der Waals surface area contributed by atoms with Crippen molar-refractivity contribution in [2.75, 3.05) is 42.3 Å². The number of morpholine rings is 1. The highest BCUT2D eigenvalue weighted by atomic mass is 32.2. The zero-order valence-corrected chi connectivity index (χ0v) is 17.9. The van der Waals surface area contributed by atoms with E-state index in [-0.39, 0.29) is 39.4 Å². The molecule has 1 atom stereocenters. The molecule has 0 spiro atoms. The Kier molecular flexibility index (Phi) is 6.44. The number of rotatable bonds is 5. The SMILES string of the molecule is Nc1cc(C(F)(F)F)c(-c2cc(Nc3ccccc3S(=O)O)nc(N3CCOCC3)n2)cn1. The van der Waals surface area contributed by atoms with Crippen molar-refractivity contribution in [1.29, 1.82) is 0 Å². The minimum atomic E-state index is -4.69. The molecule has 1 unspecified atom stereocenters. The van der Waals surface area contributed by atoms with E-state index >= 15 is 0 Å². The zero-order chi connectivity index (χ0) is 23.6. The van der Waals surface area contributed by atoms with Crippen LogP contribution in [-0.2, 0) is 22.0 Å². The number of anilines is 4. The van der Waals surface area contributed by atoms with E-state index in [1.54, 1.807) is 23.1 Å². The molecule has 9 nitrogen and oxygen atoms in total. The van der Waals surface area contributed by atoms with Crippen molar-refractivity contribution in [2.45, 2.75) is 11.1 Å². The van der Waals surface area contributed by atoms with Crippen molar-refractivity contribution in [2.24, 2.45) is 0 Å². The quantitative estimate of drug-likeness (QED) is 0.472. The minimum Gasteiger partial charge on any atom is -0.384 e. The van der Waals surface area contributed by atoms with Crippen LogP contribution in [-0.4, -0.2) is 50.0 Å². The maximum atomic E-state index is 13.7. The van der Waals surface area contributed by atoms with Crippen molar-refractivity contribution in [3.05, 3.63) is 48.2 Å². The first-order valence-electron chi connectivity index (χ1n) is 9.74. The van der Waals surface area contributed by atoms with Gasteiger partial charge < -0.3 is 25.2 Å². The molecule has 1 fully saturated rings. The molecule has 0 saturated carbocycles. The standard InChI is InChI=1S/C20H19F3N6O3S/c21-20(22,23)13-9-17(24)25-11-12(13)15-10-18(26-14-3-1-2-4-16(14)33(30)31)28-19(27-15)29-5-7-32-8-6-29/h1-4,9-11H,5-8H2,(H2,24,25)(H,30,31)(H,26,27,28). The molecule has 4 N–H and O–H groups in total. The molecule has 1 aromatic carbocycles. The molecule has 13 heteroatoms. The summed E-state index contributed by atoms with van der Waals surface area (Å²) in [5.41, 5.74) is 4.49. The zero-order valence-electron chi connectivity index (χ0n) is 17.0. The van der Waals surface area contributed by atoms with Gasteiger partial charge in [0.15, 0.2) is 11.1 Å². The number of nitrogen functional groups attached to an aromatic ring is 1. The molecule has 3 aromatic rings. The number of para-hydroxylation sites is 1. The lowest BCUT2D eigenvalue weighted by atomic mass is 10.1. The van der Waals surface area contributed by atoms with Gasteiger partial charge in [0.25, 0.3) is 0 Å². The number of nitrogens with two attached hydrogens (primary N) is 1. The second kappa shape index (κ2) is 9.29. The van der Waals surface area contributed by atoms with Gasteiger partial charge in [0.05, 0.1) is 35.1 Å². The molecule has 0 bridgehead atoms. The summed E-state index contributed by atoms with van der Waals surface area (Å²) in [5.74, 6) is 0.0569. The molecule has 4 rings (SSSR count). The van der Waals surface area contributed by atoms with Crippen LogP contribution in [0.25, 0.3) is 11.3 Å². The molecule has 1 saturated heterocycles. The summed E-state index contributed by atoms with van der Waals surface area (Å²) in [6.07, 6.45) is -3.67. The largest absolute Gasteiger partial charge is 0.417 e. The summed E-state index contributed by atoms with van der Waals surface area (Å²) in [6.45, 7) is 1.73. The third-order valence-electron chi connectivity index (χ3n) is 4.85. The summed E-state index contributed by atoms with van der Waals surface area (Å²) in [7, 11) is 0. The van der Waals surface area contributed by atoms with E-state index in [9.17, 15) is 21.9 Å². The summed E-state index contributed by atoms with van der Waals surface area (Å²) >= 11 is -2.29. The summed E-state index contributed by atoms with van der Waals surface area (Å²) in [4.78, 5) is 14.5. The number of benzene rings is 1. The van der Waals surface area contributed by atoms with Gasteiger partial charge >= 0.3 is 6.18 Å². The second-order valence-corrected chi connectivity index (χ2v) is 8.00. The first kappa shape index (κ1) is 22.9. The fourth-order valence-corrected chi connectivity index (χ4v) is 3.81. The Labute approximate surface area is 189 Å². The number of halogens is 3. The summed E-state index contributed by atoms with van der Waals surface area (Å²) in [5, 5.41) is 2.92. The molecule has 0 radical (unpaired) electrons. The van der Waals surface area contributed by atoms with E-state index in [1.165, 1.54) is 12.1 Å². The van der Waals surface area contributed by atoms with Gasteiger partial charge in [-0.2, -0.15) is 18.2 Å². The van der Waals surface area contributed by atoms with Crippen molar-refractivity contribution in [3.63, 3.8) is 0 Å². The Morgan fingerprint density at radius 2 is 1.88 bits per heavy atom. The van der Waals surface area contributed by atoms with Gasteiger partial charge in [0.2, 0.25) is 5.95 Å². The number of ether oxygens (including phenoxy) is 1. The predicted molar refractivity (Wildman–Crippen MR) is 116 cm³/mol. The molecule has 33 heavy (non-hydrogen) atoms. The first-order valence-corrected chi connectivity index (χ1v) is 10.8. The third-order valence-corrected chi connectivity index (χ3v) is 5.58. The Morgan fingerprint density at radius 1 is 1.15 bits per heavy atom. The van der Waals surface area contributed by atoms with Crippen LogP contribution < -0.4 is 16.0 Å². The molecular weight excluding hydrogens is 461 g/mol. The number of hydrogen-bond acceptors (Lipinski definition) is 8. The normalized spacial score (nSPS) is 15.3. The fraction of sp³-hybridized carbons (Fsp3) is 0.250. The highest BCUT2D eigenvalue weighted by Gasteiger charge is 2.35. The number of aromatic nitrogens is 3. The van der Waals surface area contributed by atoms with E-state index in [2.05, 4.69) is 20.3 Å². The lowest BCUT2D eigenvalue weighted by molar-refractivity contribution is -0.137. The van der Waals surface area contributed by atoms with Crippen LogP contribution in [0.3, 0.4) is 0 Å². The van der Waals surface area contributed by atoms with E-state index in [0.29, 0.717) is 26.3 Å². The van der Waals surface area contributed by atoms with Crippen LogP contribution in [0, 0.1) is 0 Å². The van der Waals surface area contributed by atoms with Crippen molar-refractivity contribution < 1.29 is 26.7 Å². The molecule has 2 aromatic heterocycles. The van der Waals surface area contributed by atoms with Crippen molar-refractivity contribution in [3.8, 4) is 11.3 Å². The van der Waals surface area contributed by atoms with E-state index in [1.807, 2.05) is 0 Å². The Bertz CT molecular complexity index is 1190. The number of nitrogens with one attached hydrogen (secondary N) is 1. The average molecular weight is 480 g/mol. The Balaban J connectivity index is 1.84. The van der Waals surface area contributed by atoms with Crippen molar-refractivity contribution >= 4 is 34.4 Å². The topological polar surface area (TPSA) is 126 Å². The van der Waals surface area contributed by atoms with Crippen LogP contribution in [0.4, 0.5) is 36.4 Å². The van der Waals surface area contributed by atoms with Gasteiger partial charge in [0.1, 0.15) is 11.6 Å². The van der Waals surface area contributed by atoms with E-state index in [4.69, 9.17) is 10.5 Å². The number of nitrogens with zero attached hydrogens (tertiary/aromatic N) is 4. The maximum Gasteiger partial charge on any atom is 0.417 e. The number of alkyl halides is 3. The van der Waals surface area contributed by atoms with Gasteiger partial charge in [-0.3, -0.25) is 0 Å². The third kappa shape index (κ3) is 5.21. The Hall–Kier alpha value is -3.29. The van der Waals surface area contributed by atoms with Crippen LogP contribution in [0.2, 0.25) is 0 Å². The lowest BCUT2D eigenvalue weighted by Crippen LogP contribution is -2.37. The van der Waals surface area contributed by atoms with Crippen LogP contribution in [0.5, 0.6) is 0 Å². The van der Waals surface area contributed by atoms with Crippen LogP contribution in [0.15, 0.2) is 47.5 Å². The van der Waals surface area contributed by atoms with Gasteiger partial charge in [-0.05, 0) is 18.2 Å². The molecule has 1 aliphatic rings. The van der Waals surface area contributed by atoms with E-state index in [0.717, 1.165) is 12.3 Å². The second-order valence-electron chi connectivity index (χ2n) is 7.06. The maximum absolute atomic E-state index is 13.7. The minimum absolute atomic E-state index is 0.0311. The average Bonchev–Trinajstić information content (AvgIpc) is 2.79. The summed E-state index contributed by atoms with van der Waals surface area (Å²) < 4.78 is 67.7. The summed E-state index contributed by atoms with van der Waals surface area (Å²) in [6, 6.07) is 8.33. The molecule has 0 aliphatic carbocycles. The van der Waals surface area contributed by atoms with Crippen LogP contribution >= 0.6 is 0 Å². The van der Waals surface area contributed by atoms with Gasteiger partial charge in [-0.1, -0.05) is 12.1 Å². The number of hydrogen-bond donors (Lipinski definition) is 3. The molecule has 0 amide bonds. The monoisotopic (exact) mass is 480 g/mol. The highest BCUT2D eigenvalue weighted by molar-refractivity contribution is 7.79. The number of pyridine rings is 1. The van der Waals surface area contributed by atoms with E-state index < -0.39 is 22.8 Å². The molecular formula is C20H19F3N6O3S. The fourth-order valence-electron chi connectivity index (χ4n) is 3.31. The predicted octanol–water partition coefficient (Wildman–Crippen LogP) is 3.30. The van der Waals surface area contributed by atoms with Gasteiger partial charge in [0, 0.05) is 30.9 Å². The lowest BCUT2D eigenvalue weighted by Gasteiger charge is -2.27. The highest BCUT2D eigenvalue weighted by Crippen LogP contribution is 2.38. The van der Waals surface area contributed by atoms with Gasteiger partial charge in [-0.25, -0.2) is 14.2 Å². The molecule has 1 aliphatic heterocycles. The first-order chi connectivity index (χ1) is 15.7. The van der Waals surface area contributed by atoms with Gasteiger partial charge in [-0.15, -0.1) is 0 Å². The Morgan fingerprint density at radius 3 is 2.58 bits per heavy atom. The van der Waals surface area contributed by atoms with Crippen molar-refractivity contribution in [1.82, 2.24) is 15.0 Å².